The average molecular weight is 322 g/mol. The van der Waals surface area contributed by atoms with Crippen molar-refractivity contribution < 1.29 is 9.59 Å². The Hall–Kier alpha value is -1.20. The van der Waals surface area contributed by atoms with E-state index in [0.29, 0.717) is 16.3 Å². The van der Waals surface area contributed by atoms with Gasteiger partial charge in [-0.3, -0.25) is 9.59 Å². The van der Waals surface area contributed by atoms with Crippen LogP contribution in [0, 0.1) is 0 Å². The SMILES string of the molecule is CC(=O)c1ccc(C(=O)NCC2(N(C)C)CCCCCC2)s1. The van der Waals surface area contributed by atoms with Crippen LogP contribution in [0.25, 0.3) is 0 Å². The molecule has 5 heteroatoms. The van der Waals surface area contributed by atoms with Gasteiger partial charge in [0.15, 0.2) is 5.78 Å². The van der Waals surface area contributed by atoms with E-state index in [1.165, 1.54) is 43.9 Å². The molecular formula is C17H26N2O2S. The second-order valence-corrected chi connectivity index (χ2v) is 7.52. The number of likely N-dealkylation sites (N-methyl/N-ethyl adjacent to an activating group) is 1. The van der Waals surface area contributed by atoms with Crippen molar-refractivity contribution in [2.45, 2.75) is 51.0 Å². The van der Waals surface area contributed by atoms with Crippen molar-refractivity contribution in [2.24, 2.45) is 0 Å². The van der Waals surface area contributed by atoms with Crippen LogP contribution in [0.4, 0.5) is 0 Å². The highest BCUT2D eigenvalue weighted by atomic mass is 32.1. The van der Waals surface area contributed by atoms with Gasteiger partial charge in [-0.05, 0) is 46.0 Å². The van der Waals surface area contributed by atoms with Crippen molar-refractivity contribution in [1.29, 1.82) is 0 Å². The van der Waals surface area contributed by atoms with Crippen molar-refractivity contribution in [3.05, 3.63) is 21.9 Å². The first-order valence-corrected chi connectivity index (χ1v) is 8.83. The molecule has 0 unspecified atom stereocenters. The van der Waals surface area contributed by atoms with Crippen molar-refractivity contribution in [2.75, 3.05) is 20.6 Å². The molecule has 0 spiro atoms. The van der Waals surface area contributed by atoms with E-state index in [0.717, 1.165) is 12.8 Å². The van der Waals surface area contributed by atoms with Gasteiger partial charge in [0.2, 0.25) is 0 Å². The average Bonchev–Trinajstić information content (AvgIpc) is 2.85. The smallest absolute Gasteiger partial charge is 0.261 e. The molecule has 0 aromatic carbocycles. The van der Waals surface area contributed by atoms with Crippen LogP contribution in [-0.4, -0.2) is 42.8 Å². The van der Waals surface area contributed by atoms with Gasteiger partial charge in [-0.25, -0.2) is 0 Å². The normalized spacial score (nSPS) is 18.0. The highest BCUT2D eigenvalue weighted by Gasteiger charge is 2.33. The fraction of sp³-hybridized carbons (Fsp3) is 0.647. The summed E-state index contributed by atoms with van der Waals surface area (Å²) in [6.45, 7) is 2.20. The van der Waals surface area contributed by atoms with Crippen LogP contribution < -0.4 is 5.32 Å². The van der Waals surface area contributed by atoms with E-state index in [4.69, 9.17) is 0 Å². The number of carbonyl (C=O) groups excluding carboxylic acids is 2. The molecule has 0 atom stereocenters. The van der Waals surface area contributed by atoms with Gasteiger partial charge in [0.25, 0.3) is 5.91 Å². The molecule has 1 heterocycles. The second-order valence-electron chi connectivity index (χ2n) is 6.44. The minimum atomic E-state index is -0.0667. The molecule has 22 heavy (non-hydrogen) atoms. The minimum absolute atomic E-state index is 0.0116. The predicted octanol–water partition coefficient (Wildman–Crippen LogP) is 3.34. The number of amides is 1. The Morgan fingerprint density at radius 2 is 1.73 bits per heavy atom. The van der Waals surface area contributed by atoms with Crippen LogP contribution >= 0.6 is 11.3 Å². The van der Waals surface area contributed by atoms with E-state index < -0.39 is 0 Å². The molecule has 1 aromatic heterocycles. The highest BCUT2D eigenvalue weighted by Crippen LogP contribution is 2.30. The summed E-state index contributed by atoms with van der Waals surface area (Å²) in [7, 11) is 4.22. The quantitative estimate of drug-likeness (QED) is 0.668. The molecule has 0 radical (unpaired) electrons. The number of rotatable bonds is 5. The molecule has 0 saturated heterocycles. The maximum Gasteiger partial charge on any atom is 0.261 e. The summed E-state index contributed by atoms with van der Waals surface area (Å²) in [6, 6.07) is 3.47. The van der Waals surface area contributed by atoms with Crippen LogP contribution in [0.15, 0.2) is 12.1 Å². The van der Waals surface area contributed by atoms with E-state index in [1.807, 2.05) is 0 Å². The third kappa shape index (κ3) is 3.96. The van der Waals surface area contributed by atoms with E-state index in [2.05, 4.69) is 24.3 Å². The summed E-state index contributed by atoms with van der Waals surface area (Å²) < 4.78 is 0. The lowest BCUT2D eigenvalue weighted by molar-refractivity contribution is 0.0872. The van der Waals surface area contributed by atoms with E-state index >= 15 is 0 Å². The first kappa shape index (κ1) is 17.2. The van der Waals surface area contributed by atoms with E-state index in [9.17, 15) is 9.59 Å². The number of nitrogens with one attached hydrogen (secondary N) is 1. The maximum absolute atomic E-state index is 12.3. The minimum Gasteiger partial charge on any atom is -0.349 e. The van der Waals surface area contributed by atoms with Gasteiger partial charge >= 0.3 is 0 Å². The van der Waals surface area contributed by atoms with Crippen molar-refractivity contribution in [3.8, 4) is 0 Å². The van der Waals surface area contributed by atoms with E-state index in [1.54, 1.807) is 12.1 Å². The van der Waals surface area contributed by atoms with Gasteiger partial charge in [0.05, 0.1) is 9.75 Å². The van der Waals surface area contributed by atoms with Gasteiger partial charge in [-0.2, -0.15) is 0 Å². The van der Waals surface area contributed by atoms with Gasteiger partial charge in [-0.1, -0.05) is 25.7 Å². The summed E-state index contributed by atoms with van der Waals surface area (Å²) in [5.74, 6) is -0.0550. The molecule has 1 fully saturated rings. The largest absolute Gasteiger partial charge is 0.349 e. The number of carbonyl (C=O) groups is 2. The standard InChI is InChI=1S/C17H26N2O2S/c1-13(20)14-8-9-15(22-14)16(21)18-12-17(19(2)3)10-6-4-5-7-11-17/h8-9H,4-7,10-12H2,1-3H3,(H,18,21). The Morgan fingerprint density at radius 1 is 1.14 bits per heavy atom. The Kier molecular flexibility index (Phi) is 5.75. The van der Waals surface area contributed by atoms with Gasteiger partial charge in [0.1, 0.15) is 0 Å². The van der Waals surface area contributed by atoms with Crippen LogP contribution in [0.2, 0.25) is 0 Å². The van der Waals surface area contributed by atoms with Crippen molar-refractivity contribution in [1.82, 2.24) is 10.2 Å². The number of nitrogens with zero attached hydrogens (tertiary/aromatic N) is 1. The number of Topliss-reactive ketones (excluding diaryl/α,β-unsaturated/α-hetero) is 1. The maximum atomic E-state index is 12.3. The molecule has 1 N–H and O–H groups in total. The lowest BCUT2D eigenvalue weighted by Crippen LogP contribution is -2.52. The third-order valence-electron chi connectivity index (χ3n) is 4.74. The fourth-order valence-electron chi connectivity index (χ4n) is 3.15. The monoisotopic (exact) mass is 322 g/mol. The molecular weight excluding hydrogens is 296 g/mol. The summed E-state index contributed by atoms with van der Waals surface area (Å²) in [4.78, 5) is 27.2. The predicted molar refractivity (Wildman–Crippen MR) is 90.8 cm³/mol. The lowest BCUT2D eigenvalue weighted by Gasteiger charge is -2.39. The summed E-state index contributed by atoms with van der Waals surface area (Å²) in [6.07, 6.45) is 7.28. The van der Waals surface area contributed by atoms with Crippen LogP contribution in [-0.2, 0) is 0 Å². The molecule has 0 aliphatic heterocycles. The van der Waals surface area contributed by atoms with Gasteiger partial charge in [0, 0.05) is 12.1 Å². The first-order valence-electron chi connectivity index (χ1n) is 8.01. The molecule has 2 rings (SSSR count). The summed E-state index contributed by atoms with van der Waals surface area (Å²) in [5.41, 5.74) is 0.0623. The van der Waals surface area contributed by atoms with Gasteiger partial charge in [-0.15, -0.1) is 11.3 Å². The zero-order valence-electron chi connectivity index (χ0n) is 13.8. The number of hydrogen-bond donors (Lipinski definition) is 1. The Balaban J connectivity index is 2.01. The van der Waals surface area contributed by atoms with Crippen molar-refractivity contribution >= 4 is 23.0 Å². The highest BCUT2D eigenvalue weighted by molar-refractivity contribution is 7.15. The topological polar surface area (TPSA) is 49.4 Å². The zero-order valence-corrected chi connectivity index (χ0v) is 14.6. The summed E-state index contributed by atoms with van der Waals surface area (Å²) in [5, 5.41) is 3.09. The number of thiophene rings is 1. The molecule has 0 bridgehead atoms. The van der Waals surface area contributed by atoms with Crippen LogP contribution in [0.1, 0.15) is 64.8 Å². The number of ketones is 1. The van der Waals surface area contributed by atoms with Gasteiger partial charge < -0.3 is 10.2 Å². The Labute approximate surface area is 136 Å². The zero-order chi connectivity index (χ0) is 16.2. The molecule has 4 nitrogen and oxygen atoms in total. The number of hydrogen-bond acceptors (Lipinski definition) is 4. The molecule has 1 aliphatic carbocycles. The second kappa shape index (κ2) is 7.38. The summed E-state index contributed by atoms with van der Waals surface area (Å²) >= 11 is 1.27. The molecule has 1 amide bonds. The van der Waals surface area contributed by atoms with Crippen LogP contribution in [0.3, 0.4) is 0 Å². The molecule has 122 valence electrons. The van der Waals surface area contributed by atoms with Crippen LogP contribution in [0.5, 0.6) is 0 Å². The molecule has 1 aliphatic rings. The fourth-order valence-corrected chi connectivity index (χ4v) is 3.97. The Bertz CT molecular complexity index is 529. The van der Waals surface area contributed by atoms with Crippen molar-refractivity contribution in [3.63, 3.8) is 0 Å². The first-order chi connectivity index (χ1) is 10.4. The third-order valence-corrected chi connectivity index (χ3v) is 5.92. The molecule has 1 aromatic rings. The molecule has 1 saturated carbocycles. The van der Waals surface area contributed by atoms with E-state index in [-0.39, 0.29) is 17.2 Å². The Morgan fingerprint density at radius 3 is 2.23 bits per heavy atom. The lowest BCUT2D eigenvalue weighted by atomic mass is 9.88.